The van der Waals surface area contributed by atoms with Crippen LogP contribution in [0.25, 0.3) is 5.57 Å². The first-order valence-corrected chi connectivity index (χ1v) is 6.73. The van der Waals surface area contributed by atoms with Crippen LogP contribution >= 0.6 is 11.8 Å². The molecule has 2 rings (SSSR count). The number of pyridine rings is 1. The van der Waals surface area contributed by atoms with Gasteiger partial charge in [-0.3, -0.25) is 4.98 Å². The summed E-state index contributed by atoms with van der Waals surface area (Å²) in [7, 11) is 0. The highest BCUT2D eigenvalue weighted by Crippen LogP contribution is 2.24. The van der Waals surface area contributed by atoms with Gasteiger partial charge >= 0.3 is 0 Å². The van der Waals surface area contributed by atoms with Crippen molar-refractivity contribution in [3.05, 3.63) is 66.0 Å². The number of nitrogens with zero attached hydrogens (tertiary/aromatic N) is 2. The molecule has 1 aromatic heterocycles. The summed E-state index contributed by atoms with van der Waals surface area (Å²) in [5.74, 6) is 0. The highest BCUT2D eigenvalue weighted by atomic mass is 32.2. The molecular weight excluding hydrogens is 240 g/mol. The van der Waals surface area contributed by atoms with Gasteiger partial charge in [-0.2, -0.15) is 5.26 Å². The van der Waals surface area contributed by atoms with Crippen molar-refractivity contribution in [2.75, 3.05) is 6.26 Å². The van der Waals surface area contributed by atoms with Crippen molar-refractivity contribution in [3.8, 4) is 6.07 Å². The van der Waals surface area contributed by atoms with E-state index in [4.69, 9.17) is 5.26 Å². The fourth-order valence-corrected chi connectivity index (χ4v) is 2.07. The number of aromatic nitrogens is 1. The topological polar surface area (TPSA) is 36.7 Å². The van der Waals surface area contributed by atoms with Crippen LogP contribution < -0.4 is 0 Å². The molecule has 2 nitrogen and oxygen atoms in total. The molecule has 0 aliphatic carbocycles. The second-order valence-corrected chi connectivity index (χ2v) is 4.51. The SMILES string of the molecule is CSc1ccc(/C(=C/C#N)c2ccccn2)cc1. The maximum Gasteiger partial charge on any atom is 0.0919 e. The predicted molar refractivity (Wildman–Crippen MR) is 75.2 cm³/mol. The lowest BCUT2D eigenvalue weighted by molar-refractivity contribution is 1.27. The average molecular weight is 252 g/mol. The minimum absolute atomic E-state index is 0.816. The Kier molecular flexibility index (Phi) is 4.16. The van der Waals surface area contributed by atoms with E-state index in [1.165, 1.54) is 11.0 Å². The van der Waals surface area contributed by atoms with Crippen LogP contribution in [0.4, 0.5) is 0 Å². The van der Waals surface area contributed by atoms with Gasteiger partial charge in [0.1, 0.15) is 0 Å². The van der Waals surface area contributed by atoms with Crippen LogP contribution in [0.2, 0.25) is 0 Å². The Hall–Kier alpha value is -2.05. The van der Waals surface area contributed by atoms with Crippen molar-refractivity contribution in [2.45, 2.75) is 4.90 Å². The van der Waals surface area contributed by atoms with E-state index >= 15 is 0 Å². The maximum absolute atomic E-state index is 8.90. The van der Waals surface area contributed by atoms with Crippen molar-refractivity contribution in [1.82, 2.24) is 4.98 Å². The van der Waals surface area contributed by atoms with Crippen LogP contribution in [0.1, 0.15) is 11.3 Å². The molecule has 1 heterocycles. The summed E-state index contributed by atoms with van der Waals surface area (Å²) < 4.78 is 0. The fourth-order valence-electron chi connectivity index (χ4n) is 1.66. The predicted octanol–water partition coefficient (Wildman–Crippen LogP) is 3.76. The second kappa shape index (κ2) is 6.04. The molecule has 88 valence electrons. The molecule has 18 heavy (non-hydrogen) atoms. The van der Waals surface area contributed by atoms with E-state index in [1.54, 1.807) is 18.0 Å². The van der Waals surface area contributed by atoms with Crippen LogP contribution in [0.5, 0.6) is 0 Å². The number of thioether (sulfide) groups is 1. The highest BCUT2D eigenvalue weighted by Gasteiger charge is 2.05. The number of allylic oxidation sites excluding steroid dienone is 1. The molecule has 0 amide bonds. The third-order valence-electron chi connectivity index (χ3n) is 2.55. The first-order chi connectivity index (χ1) is 8.85. The fraction of sp³-hybridized carbons (Fsp3) is 0.0667. The van der Waals surface area contributed by atoms with E-state index in [-0.39, 0.29) is 0 Å². The van der Waals surface area contributed by atoms with Gasteiger partial charge in [0.2, 0.25) is 0 Å². The molecule has 0 unspecified atom stereocenters. The van der Waals surface area contributed by atoms with Crippen molar-refractivity contribution in [1.29, 1.82) is 5.26 Å². The largest absolute Gasteiger partial charge is 0.256 e. The lowest BCUT2D eigenvalue weighted by atomic mass is 10.0. The third kappa shape index (κ3) is 2.79. The van der Waals surface area contributed by atoms with Gasteiger partial charge < -0.3 is 0 Å². The summed E-state index contributed by atoms with van der Waals surface area (Å²) in [6.45, 7) is 0. The van der Waals surface area contributed by atoms with Gasteiger partial charge in [0.25, 0.3) is 0 Å². The Bertz CT molecular complexity index is 580. The van der Waals surface area contributed by atoms with Crippen molar-refractivity contribution in [2.24, 2.45) is 0 Å². The van der Waals surface area contributed by atoms with Gasteiger partial charge in [0.05, 0.1) is 11.8 Å². The third-order valence-corrected chi connectivity index (χ3v) is 3.29. The quantitative estimate of drug-likeness (QED) is 0.616. The lowest BCUT2D eigenvalue weighted by Crippen LogP contribution is -1.90. The van der Waals surface area contributed by atoms with Crippen molar-refractivity contribution in [3.63, 3.8) is 0 Å². The molecule has 0 fully saturated rings. The number of benzene rings is 1. The van der Waals surface area contributed by atoms with Gasteiger partial charge in [-0.1, -0.05) is 18.2 Å². The van der Waals surface area contributed by atoms with Gasteiger partial charge in [-0.25, -0.2) is 0 Å². The Morgan fingerprint density at radius 2 is 2.00 bits per heavy atom. The average Bonchev–Trinajstić information content (AvgIpc) is 2.46. The second-order valence-electron chi connectivity index (χ2n) is 3.63. The monoisotopic (exact) mass is 252 g/mol. The number of rotatable bonds is 3. The van der Waals surface area contributed by atoms with Gasteiger partial charge in [0, 0.05) is 22.7 Å². The molecule has 0 spiro atoms. The van der Waals surface area contributed by atoms with Gasteiger partial charge in [-0.15, -0.1) is 11.8 Å². The Labute approximate surface area is 111 Å². The van der Waals surface area contributed by atoms with Crippen molar-refractivity contribution < 1.29 is 0 Å². The molecule has 0 saturated carbocycles. The molecule has 0 N–H and O–H groups in total. The zero-order valence-electron chi connectivity index (χ0n) is 10.00. The van der Waals surface area contributed by atoms with Crippen LogP contribution in [0.15, 0.2) is 59.6 Å². The van der Waals surface area contributed by atoms with E-state index in [0.29, 0.717) is 0 Å². The van der Waals surface area contributed by atoms with Crippen molar-refractivity contribution >= 4 is 17.3 Å². The molecule has 0 aliphatic rings. The van der Waals surface area contributed by atoms with Crippen LogP contribution in [-0.4, -0.2) is 11.2 Å². The molecule has 0 radical (unpaired) electrons. The summed E-state index contributed by atoms with van der Waals surface area (Å²) in [6, 6.07) is 15.9. The first kappa shape index (κ1) is 12.4. The minimum Gasteiger partial charge on any atom is -0.256 e. The van der Waals surface area contributed by atoms with E-state index < -0.39 is 0 Å². The summed E-state index contributed by atoms with van der Waals surface area (Å²) >= 11 is 1.70. The highest BCUT2D eigenvalue weighted by molar-refractivity contribution is 7.98. The summed E-state index contributed by atoms with van der Waals surface area (Å²) in [5.41, 5.74) is 2.68. The molecule has 0 atom stereocenters. The smallest absolute Gasteiger partial charge is 0.0919 e. The van der Waals surface area contributed by atoms with E-state index in [0.717, 1.165) is 16.8 Å². The number of hydrogen-bond acceptors (Lipinski definition) is 3. The summed E-state index contributed by atoms with van der Waals surface area (Å²) in [4.78, 5) is 5.50. The maximum atomic E-state index is 8.90. The molecule has 1 aromatic carbocycles. The Morgan fingerprint density at radius 3 is 2.56 bits per heavy atom. The Balaban J connectivity index is 2.43. The minimum atomic E-state index is 0.816. The van der Waals surface area contributed by atoms with E-state index in [2.05, 4.69) is 11.1 Å². The standard InChI is InChI=1S/C15H12N2S/c1-18-13-7-5-12(6-8-13)14(9-10-16)15-4-2-3-11-17-15/h2-9,11H,1H3/b14-9-. The normalized spacial score (nSPS) is 11.0. The molecular formula is C15H12N2S. The molecule has 0 bridgehead atoms. The molecule has 0 aliphatic heterocycles. The van der Waals surface area contributed by atoms with Crippen LogP contribution in [0, 0.1) is 11.3 Å². The number of hydrogen-bond donors (Lipinski definition) is 0. The zero-order valence-corrected chi connectivity index (χ0v) is 10.8. The summed E-state index contributed by atoms with van der Waals surface area (Å²) in [6.07, 6.45) is 5.31. The zero-order chi connectivity index (χ0) is 12.8. The first-order valence-electron chi connectivity index (χ1n) is 5.51. The van der Waals surface area contributed by atoms with E-state index in [9.17, 15) is 0 Å². The summed E-state index contributed by atoms with van der Waals surface area (Å²) in [5, 5.41) is 8.90. The van der Waals surface area contributed by atoms with Crippen LogP contribution in [-0.2, 0) is 0 Å². The van der Waals surface area contributed by atoms with E-state index in [1.807, 2.05) is 48.7 Å². The number of nitriles is 1. The Morgan fingerprint density at radius 1 is 1.22 bits per heavy atom. The van der Waals surface area contributed by atoms with Gasteiger partial charge in [-0.05, 0) is 36.1 Å². The molecule has 2 aromatic rings. The molecule has 0 saturated heterocycles. The lowest BCUT2D eigenvalue weighted by Gasteiger charge is -2.06. The molecule has 3 heteroatoms. The van der Waals surface area contributed by atoms with Gasteiger partial charge in [0.15, 0.2) is 0 Å². The van der Waals surface area contributed by atoms with Crippen LogP contribution in [0.3, 0.4) is 0 Å².